The first-order valence-electron chi connectivity index (χ1n) is 6.44. The van der Waals surface area contributed by atoms with Gasteiger partial charge in [0.05, 0.1) is 26.1 Å². The van der Waals surface area contributed by atoms with E-state index in [1.54, 1.807) is 0 Å². The summed E-state index contributed by atoms with van der Waals surface area (Å²) in [5.41, 5.74) is 2.02. The van der Waals surface area contributed by atoms with Gasteiger partial charge in [-0.15, -0.1) is 0 Å². The predicted octanol–water partition coefficient (Wildman–Crippen LogP) is 1.50. The maximum Gasteiger partial charge on any atom is 0.230 e. The molecule has 1 aromatic rings. The molecule has 1 amide bonds. The monoisotopic (exact) mass is 247 g/mol. The molecule has 1 aromatic carbocycles. The Morgan fingerprint density at radius 1 is 1.33 bits per heavy atom. The molecule has 0 aliphatic rings. The highest BCUT2D eigenvalue weighted by Gasteiger charge is 2.09. The maximum atomic E-state index is 11.8. The molecule has 18 heavy (non-hydrogen) atoms. The SMILES string of the molecule is C=C(C)C[NH+](CC)CCC(=O)Nc1ccccc1. The van der Waals surface area contributed by atoms with Gasteiger partial charge in [0.1, 0.15) is 0 Å². The zero-order chi connectivity index (χ0) is 13.4. The van der Waals surface area contributed by atoms with Gasteiger partial charge in [0, 0.05) is 5.69 Å². The van der Waals surface area contributed by atoms with E-state index in [0.29, 0.717) is 6.42 Å². The van der Waals surface area contributed by atoms with E-state index in [2.05, 4.69) is 18.8 Å². The van der Waals surface area contributed by atoms with Crippen LogP contribution in [0.4, 0.5) is 5.69 Å². The highest BCUT2D eigenvalue weighted by molar-refractivity contribution is 5.90. The first kappa shape index (κ1) is 14.5. The zero-order valence-corrected chi connectivity index (χ0v) is 11.3. The lowest BCUT2D eigenvalue weighted by molar-refractivity contribution is -0.892. The molecule has 0 aromatic heterocycles. The fourth-order valence-corrected chi connectivity index (χ4v) is 1.85. The summed E-state index contributed by atoms with van der Waals surface area (Å²) in [5.74, 6) is 0.0777. The molecule has 0 saturated heterocycles. The Morgan fingerprint density at radius 2 is 2.00 bits per heavy atom. The fourth-order valence-electron chi connectivity index (χ4n) is 1.85. The number of quaternary nitrogens is 1. The number of rotatable bonds is 7. The van der Waals surface area contributed by atoms with Crippen LogP contribution in [0.3, 0.4) is 0 Å². The summed E-state index contributed by atoms with van der Waals surface area (Å²) in [6.45, 7) is 10.9. The van der Waals surface area contributed by atoms with Crippen LogP contribution in [0.25, 0.3) is 0 Å². The summed E-state index contributed by atoms with van der Waals surface area (Å²) in [6.07, 6.45) is 0.547. The number of amides is 1. The molecule has 0 saturated carbocycles. The predicted molar refractivity (Wildman–Crippen MR) is 75.7 cm³/mol. The number of carbonyl (C=O) groups is 1. The number of benzene rings is 1. The van der Waals surface area contributed by atoms with Crippen molar-refractivity contribution in [3.63, 3.8) is 0 Å². The standard InChI is InChI=1S/C15H22N2O/c1-4-17(12-13(2)3)11-10-15(18)16-14-8-6-5-7-9-14/h5-9H,2,4,10-12H2,1,3H3,(H,16,18)/p+1. The Labute approximate surface area is 109 Å². The van der Waals surface area contributed by atoms with E-state index in [9.17, 15) is 4.79 Å². The third kappa shape index (κ3) is 5.64. The number of hydrogen-bond donors (Lipinski definition) is 2. The Bertz CT molecular complexity index is 387. The van der Waals surface area contributed by atoms with Gasteiger partial charge in [-0.3, -0.25) is 4.79 Å². The van der Waals surface area contributed by atoms with Crippen LogP contribution in [-0.2, 0) is 4.79 Å². The molecule has 0 radical (unpaired) electrons. The minimum Gasteiger partial charge on any atom is -0.331 e. The van der Waals surface area contributed by atoms with E-state index in [1.165, 1.54) is 4.90 Å². The number of likely N-dealkylation sites (N-methyl/N-ethyl adjacent to an activating group) is 1. The molecule has 3 heteroatoms. The van der Waals surface area contributed by atoms with Gasteiger partial charge in [0.25, 0.3) is 0 Å². The van der Waals surface area contributed by atoms with Crippen LogP contribution in [0.15, 0.2) is 42.5 Å². The molecule has 0 spiro atoms. The van der Waals surface area contributed by atoms with Gasteiger partial charge in [-0.2, -0.15) is 0 Å². The van der Waals surface area contributed by atoms with Crippen molar-refractivity contribution in [2.45, 2.75) is 20.3 Å². The Balaban J connectivity index is 2.34. The van der Waals surface area contributed by atoms with E-state index in [1.807, 2.05) is 37.3 Å². The molecule has 1 atom stereocenters. The normalized spacial score (nSPS) is 11.9. The lowest BCUT2D eigenvalue weighted by atomic mass is 10.2. The second kappa shape index (κ2) is 7.67. The lowest BCUT2D eigenvalue weighted by Crippen LogP contribution is -3.12. The third-order valence-electron chi connectivity index (χ3n) is 2.81. The van der Waals surface area contributed by atoms with E-state index in [-0.39, 0.29) is 5.91 Å². The first-order chi connectivity index (χ1) is 8.61. The number of anilines is 1. The van der Waals surface area contributed by atoms with Crippen molar-refractivity contribution in [1.82, 2.24) is 0 Å². The van der Waals surface area contributed by atoms with Gasteiger partial charge in [-0.1, -0.05) is 24.8 Å². The number of carbonyl (C=O) groups excluding carboxylic acids is 1. The van der Waals surface area contributed by atoms with Crippen molar-refractivity contribution in [1.29, 1.82) is 0 Å². The van der Waals surface area contributed by atoms with Crippen molar-refractivity contribution >= 4 is 11.6 Å². The Hall–Kier alpha value is -1.61. The van der Waals surface area contributed by atoms with Crippen LogP contribution >= 0.6 is 0 Å². The van der Waals surface area contributed by atoms with E-state index < -0.39 is 0 Å². The van der Waals surface area contributed by atoms with Gasteiger partial charge in [-0.25, -0.2) is 0 Å². The van der Waals surface area contributed by atoms with Crippen LogP contribution in [0.2, 0.25) is 0 Å². The molecule has 1 rings (SSSR count). The van der Waals surface area contributed by atoms with Crippen molar-refractivity contribution in [3.05, 3.63) is 42.5 Å². The molecule has 3 nitrogen and oxygen atoms in total. The number of nitrogens with one attached hydrogen (secondary N) is 2. The number of hydrogen-bond acceptors (Lipinski definition) is 1. The highest BCUT2D eigenvalue weighted by atomic mass is 16.1. The Kier molecular flexibility index (Phi) is 6.15. The van der Waals surface area contributed by atoms with Gasteiger partial charge >= 0.3 is 0 Å². The molecular weight excluding hydrogens is 224 g/mol. The fraction of sp³-hybridized carbons (Fsp3) is 0.400. The molecule has 0 aliphatic carbocycles. The first-order valence-corrected chi connectivity index (χ1v) is 6.44. The second-order valence-corrected chi connectivity index (χ2v) is 4.65. The minimum absolute atomic E-state index is 0.0777. The summed E-state index contributed by atoms with van der Waals surface area (Å²) in [5, 5.41) is 2.90. The summed E-state index contributed by atoms with van der Waals surface area (Å²) in [7, 11) is 0. The molecule has 0 fully saturated rings. The third-order valence-corrected chi connectivity index (χ3v) is 2.81. The van der Waals surface area contributed by atoms with Crippen molar-refractivity contribution in [2.75, 3.05) is 25.0 Å². The molecule has 98 valence electrons. The number of para-hydroxylation sites is 1. The summed E-state index contributed by atoms with van der Waals surface area (Å²) >= 11 is 0. The molecule has 0 bridgehead atoms. The molecular formula is C15H23N2O+. The largest absolute Gasteiger partial charge is 0.331 e. The van der Waals surface area contributed by atoms with Gasteiger partial charge < -0.3 is 10.2 Å². The van der Waals surface area contributed by atoms with Crippen LogP contribution in [0.5, 0.6) is 0 Å². The maximum absolute atomic E-state index is 11.8. The van der Waals surface area contributed by atoms with Gasteiger partial charge in [0.15, 0.2) is 0 Å². The molecule has 0 aliphatic heterocycles. The van der Waals surface area contributed by atoms with E-state index in [0.717, 1.165) is 30.9 Å². The highest BCUT2D eigenvalue weighted by Crippen LogP contribution is 2.04. The Morgan fingerprint density at radius 3 is 2.56 bits per heavy atom. The van der Waals surface area contributed by atoms with Gasteiger partial charge in [0.2, 0.25) is 5.91 Å². The summed E-state index contributed by atoms with van der Waals surface area (Å²) < 4.78 is 0. The van der Waals surface area contributed by atoms with Crippen molar-refractivity contribution < 1.29 is 9.69 Å². The topological polar surface area (TPSA) is 33.5 Å². The van der Waals surface area contributed by atoms with E-state index in [4.69, 9.17) is 0 Å². The van der Waals surface area contributed by atoms with Crippen molar-refractivity contribution in [3.8, 4) is 0 Å². The van der Waals surface area contributed by atoms with Gasteiger partial charge in [-0.05, 0) is 31.6 Å². The average molecular weight is 247 g/mol. The average Bonchev–Trinajstić information content (AvgIpc) is 2.35. The van der Waals surface area contributed by atoms with Crippen LogP contribution in [0.1, 0.15) is 20.3 Å². The summed E-state index contributed by atoms with van der Waals surface area (Å²) in [6, 6.07) is 9.57. The molecule has 2 N–H and O–H groups in total. The summed E-state index contributed by atoms with van der Waals surface area (Å²) in [4.78, 5) is 13.2. The zero-order valence-electron chi connectivity index (χ0n) is 11.3. The van der Waals surface area contributed by atoms with Crippen LogP contribution in [-0.4, -0.2) is 25.5 Å². The van der Waals surface area contributed by atoms with Crippen LogP contribution in [0, 0.1) is 0 Å². The molecule has 1 unspecified atom stereocenters. The lowest BCUT2D eigenvalue weighted by Gasteiger charge is -2.17. The van der Waals surface area contributed by atoms with Crippen molar-refractivity contribution in [2.24, 2.45) is 0 Å². The van der Waals surface area contributed by atoms with E-state index >= 15 is 0 Å². The smallest absolute Gasteiger partial charge is 0.230 e. The molecule has 0 heterocycles. The minimum atomic E-state index is 0.0777. The quantitative estimate of drug-likeness (QED) is 0.703. The second-order valence-electron chi connectivity index (χ2n) is 4.65. The van der Waals surface area contributed by atoms with Crippen LogP contribution < -0.4 is 10.2 Å².